The zero-order valence-corrected chi connectivity index (χ0v) is 18.4. The largest absolute Gasteiger partial charge is 0.370 e. The number of ether oxygens (including phenoxy) is 1. The third-order valence-electron chi connectivity index (χ3n) is 4.34. The monoisotopic (exact) mass is 474 g/mol. The van der Waals surface area contributed by atoms with Gasteiger partial charge >= 0.3 is 0 Å². The Bertz CT molecular complexity index is 607. The summed E-state index contributed by atoms with van der Waals surface area (Å²) in [5.41, 5.74) is 2.47. The van der Waals surface area contributed by atoms with E-state index in [0.29, 0.717) is 19.7 Å². The Morgan fingerprint density at radius 2 is 2.00 bits per heavy atom. The number of benzene rings is 1. The number of aliphatic imine (C=N–C) groups is 1. The number of amides is 1. The van der Waals surface area contributed by atoms with Crippen molar-refractivity contribution in [3.63, 3.8) is 0 Å². The highest BCUT2D eigenvalue weighted by atomic mass is 127. The van der Waals surface area contributed by atoms with Crippen LogP contribution in [0.1, 0.15) is 31.1 Å². The molecule has 6 nitrogen and oxygen atoms in total. The van der Waals surface area contributed by atoms with E-state index < -0.39 is 0 Å². The lowest BCUT2D eigenvalue weighted by Gasteiger charge is -2.35. The molecule has 1 aliphatic rings. The van der Waals surface area contributed by atoms with Crippen LogP contribution < -0.4 is 10.6 Å². The van der Waals surface area contributed by atoms with E-state index in [9.17, 15) is 4.79 Å². The first-order valence-corrected chi connectivity index (χ1v) is 8.93. The SMILES string of the molecule is CN=C(NCCNC(=O)C(C)C)N1CCOC(c2ccccc2C)C1.I. The number of morpholine rings is 1. The molecule has 1 aromatic carbocycles. The minimum absolute atomic E-state index is 0. The summed E-state index contributed by atoms with van der Waals surface area (Å²) in [6, 6.07) is 8.34. The number of hydrogen-bond acceptors (Lipinski definition) is 3. The van der Waals surface area contributed by atoms with Crippen molar-refractivity contribution in [2.75, 3.05) is 39.8 Å². The molecule has 1 fully saturated rings. The second-order valence-electron chi connectivity index (χ2n) is 6.58. The first kappa shape index (κ1) is 22.7. The van der Waals surface area contributed by atoms with Gasteiger partial charge in [0.25, 0.3) is 0 Å². The number of halogens is 1. The summed E-state index contributed by atoms with van der Waals surface area (Å²) >= 11 is 0. The smallest absolute Gasteiger partial charge is 0.222 e. The van der Waals surface area contributed by atoms with Crippen LogP contribution in [0.25, 0.3) is 0 Å². The van der Waals surface area contributed by atoms with Crippen LogP contribution in [0.2, 0.25) is 0 Å². The van der Waals surface area contributed by atoms with Gasteiger partial charge < -0.3 is 20.3 Å². The summed E-state index contributed by atoms with van der Waals surface area (Å²) < 4.78 is 5.97. The van der Waals surface area contributed by atoms with Crippen LogP contribution in [0.4, 0.5) is 0 Å². The van der Waals surface area contributed by atoms with E-state index in [1.54, 1.807) is 7.05 Å². The molecule has 0 bridgehead atoms. The van der Waals surface area contributed by atoms with Crippen molar-refractivity contribution in [1.29, 1.82) is 0 Å². The molecule has 0 spiro atoms. The molecular weight excluding hydrogens is 443 g/mol. The van der Waals surface area contributed by atoms with Crippen LogP contribution in [0, 0.1) is 12.8 Å². The molecule has 1 unspecified atom stereocenters. The van der Waals surface area contributed by atoms with Gasteiger partial charge in [-0.2, -0.15) is 0 Å². The minimum Gasteiger partial charge on any atom is -0.370 e. The van der Waals surface area contributed by atoms with E-state index >= 15 is 0 Å². The van der Waals surface area contributed by atoms with E-state index in [4.69, 9.17) is 4.74 Å². The van der Waals surface area contributed by atoms with Crippen LogP contribution in [0.5, 0.6) is 0 Å². The average Bonchev–Trinajstić information content (AvgIpc) is 2.62. The maximum atomic E-state index is 11.6. The molecule has 1 heterocycles. The molecule has 0 aliphatic carbocycles. The van der Waals surface area contributed by atoms with E-state index in [-0.39, 0.29) is 41.9 Å². The highest BCUT2D eigenvalue weighted by molar-refractivity contribution is 14.0. The molecule has 26 heavy (non-hydrogen) atoms. The van der Waals surface area contributed by atoms with Gasteiger partial charge in [0.1, 0.15) is 6.10 Å². The maximum absolute atomic E-state index is 11.6. The number of carbonyl (C=O) groups is 1. The summed E-state index contributed by atoms with van der Waals surface area (Å²) in [4.78, 5) is 18.2. The average molecular weight is 474 g/mol. The fraction of sp³-hybridized carbons (Fsp3) is 0.579. The predicted octanol–water partition coefficient (Wildman–Crippen LogP) is 2.33. The Balaban J connectivity index is 0.00000338. The summed E-state index contributed by atoms with van der Waals surface area (Å²) in [6.07, 6.45) is 0.0501. The molecule has 1 aliphatic heterocycles. The molecule has 0 saturated carbocycles. The van der Waals surface area contributed by atoms with Crippen molar-refractivity contribution in [3.8, 4) is 0 Å². The fourth-order valence-electron chi connectivity index (χ4n) is 2.87. The Labute approximate surface area is 173 Å². The van der Waals surface area contributed by atoms with Crippen molar-refractivity contribution in [2.45, 2.75) is 26.9 Å². The Morgan fingerprint density at radius 3 is 2.65 bits per heavy atom. The molecule has 2 rings (SSSR count). The number of rotatable bonds is 5. The number of carbonyl (C=O) groups excluding carboxylic acids is 1. The summed E-state index contributed by atoms with van der Waals surface area (Å²) in [6.45, 7) is 9.37. The highest BCUT2D eigenvalue weighted by Gasteiger charge is 2.24. The lowest BCUT2D eigenvalue weighted by atomic mass is 10.0. The second kappa shape index (κ2) is 11.4. The Hall–Kier alpha value is -1.35. The minimum atomic E-state index is 0. The first-order chi connectivity index (χ1) is 12.0. The van der Waals surface area contributed by atoms with E-state index in [1.807, 2.05) is 19.9 Å². The van der Waals surface area contributed by atoms with Crippen LogP contribution in [0.3, 0.4) is 0 Å². The van der Waals surface area contributed by atoms with Crippen LogP contribution in [0.15, 0.2) is 29.3 Å². The fourth-order valence-corrected chi connectivity index (χ4v) is 2.87. The molecular formula is C19H31IN4O2. The highest BCUT2D eigenvalue weighted by Crippen LogP contribution is 2.24. The molecule has 146 valence electrons. The van der Waals surface area contributed by atoms with Gasteiger partial charge in [-0.05, 0) is 18.1 Å². The molecule has 2 N–H and O–H groups in total. The first-order valence-electron chi connectivity index (χ1n) is 8.93. The molecule has 1 atom stereocenters. The van der Waals surface area contributed by atoms with Crippen LogP contribution in [-0.2, 0) is 9.53 Å². The Kier molecular flexibility index (Phi) is 9.93. The third kappa shape index (κ3) is 6.42. The number of hydrogen-bond donors (Lipinski definition) is 2. The molecule has 1 saturated heterocycles. The van der Waals surface area contributed by atoms with Gasteiger partial charge in [-0.3, -0.25) is 9.79 Å². The standard InChI is InChI=1S/C19H30N4O2.HI/c1-14(2)18(24)21-9-10-22-19(20-4)23-11-12-25-17(13-23)16-8-6-5-7-15(16)3;/h5-8,14,17H,9-13H2,1-4H3,(H,20,22)(H,21,24);1H. The van der Waals surface area contributed by atoms with Crippen LogP contribution >= 0.6 is 24.0 Å². The molecule has 0 aromatic heterocycles. The summed E-state index contributed by atoms with van der Waals surface area (Å²) in [5.74, 6) is 0.928. The van der Waals surface area contributed by atoms with Gasteiger partial charge in [0.05, 0.1) is 13.2 Å². The lowest BCUT2D eigenvalue weighted by molar-refractivity contribution is -0.123. The zero-order valence-electron chi connectivity index (χ0n) is 16.1. The van der Waals surface area contributed by atoms with Gasteiger partial charge in [-0.1, -0.05) is 38.1 Å². The number of guanidine groups is 1. The Morgan fingerprint density at radius 1 is 1.31 bits per heavy atom. The molecule has 1 amide bonds. The van der Waals surface area contributed by atoms with Crippen molar-refractivity contribution in [1.82, 2.24) is 15.5 Å². The predicted molar refractivity (Wildman–Crippen MR) is 116 cm³/mol. The van der Waals surface area contributed by atoms with Gasteiger partial charge in [0.2, 0.25) is 5.91 Å². The van der Waals surface area contributed by atoms with E-state index in [1.165, 1.54) is 11.1 Å². The molecule has 1 aromatic rings. The van der Waals surface area contributed by atoms with E-state index in [0.717, 1.165) is 19.0 Å². The second-order valence-corrected chi connectivity index (χ2v) is 6.58. The van der Waals surface area contributed by atoms with E-state index in [2.05, 4.69) is 45.6 Å². The van der Waals surface area contributed by atoms with Crippen molar-refractivity contribution in [2.24, 2.45) is 10.9 Å². The quantitative estimate of drug-likeness (QED) is 0.298. The van der Waals surface area contributed by atoms with Gasteiger partial charge in [-0.25, -0.2) is 0 Å². The molecule has 7 heteroatoms. The third-order valence-corrected chi connectivity index (χ3v) is 4.34. The molecule has 0 radical (unpaired) electrons. The van der Waals surface area contributed by atoms with Crippen LogP contribution in [-0.4, -0.2) is 56.6 Å². The summed E-state index contributed by atoms with van der Waals surface area (Å²) in [7, 11) is 1.78. The van der Waals surface area contributed by atoms with Gasteiger partial charge in [0.15, 0.2) is 5.96 Å². The number of aryl methyl sites for hydroxylation is 1. The van der Waals surface area contributed by atoms with Gasteiger partial charge in [0, 0.05) is 32.6 Å². The summed E-state index contributed by atoms with van der Waals surface area (Å²) in [5, 5.41) is 6.23. The normalized spacial score (nSPS) is 17.7. The van der Waals surface area contributed by atoms with Crippen molar-refractivity contribution in [3.05, 3.63) is 35.4 Å². The maximum Gasteiger partial charge on any atom is 0.222 e. The topological polar surface area (TPSA) is 66.0 Å². The lowest BCUT2D eigenvalue weighted by Crippen LogP contribution is -2.49. The zero-order chi connectivity index (χ0) is 18.2. The van der Waals surface area contributed by atoms with Crippen molar-refractivity contribution < 1.29 is 9.53 Å². The number of nitrogens with zero attached hydrogens (tertiary/aromatic N) is 2. The van der Waals surface area contributed by atoms with Gasteiger partial charge in [-0.15, -0.1) is 24.0 Å². The number of nitrogens with one attached hydrogen (secondary N) is 2. The van der Waals surface area contributed by atoms with Crippen molar-refractivity contribution >= 4 is 35.8 Å².